The van der Waals surface area contributed by atoms with E-state index >= 15 is 0 Å². The normalized spacial score (nSPS) is 14.6. The van der Waals surface area contributed by atoms with Crippen molar-refractivity contribution in [1.29, 1.82) is 0 Å². The van der Waals surface area contributed by atoms with Gasteiger partial charge in [-0.2, -0.15) is 0 Å². The fourth-order valence-corrected chi connectivity index (χ4v) is 2.62. The molecule has 3 rings (SSSR count). The molecule has 0 radical (unpaired) electrons. The second-order valence-corrected chi connectivity index (χ2v) is 6.44. The molecule has 0 aliphatic carbocycles. The van der Waals surface area contributed by atoms with Gasteiger partial charge < -0.3 is 14.2 Å². The zero-order valence-electron chi connectivity index (χ0n) is 14.8. The highest BCUT2D eigenvalue weighted by molar-refractivity contribution is 6.42. The molecule has 2 aromatic rings. The van der Waals surface area contributed by atoms with Crippen LogP contribution < -0.4 is 4.74 Å². The summed E-state index contributed by atoms with van der Waals surface area (Å²) in [5.74, 6) is -0.344. The van der Waals surface area contributed by atoms with Crippen LogP contribution in [0.5, 0.6) is 5.75 Å². The fraction of sp³-hybridized carbons (Fsp3) is 0.150. The predicted octanol–water partition coefficient (Wildman–Crippen LogP) is 4.28. The minimum atomic E-state index is -0.566. The van der Waals surface area contributed by atoms with E-state index in [0.717, 1.165) is 5.56 Å². The van der Waals surface area contributed by atoms with E-state index in [1.54, 1.807) is 55.5 Å². The van der Waals surface area contributed by atoms with Crippen molar-refractivity contribution < 1.29 is 23.8 Å². The number of ether oxygens (including phenoxy) is 3. The molecule has 2 aromatic carbocycles. The SMILES string of the molecule is CCOC(=O)COc1ccc(/C=C2\N=C(c3ccc(Cl)c(Cl)c3)OC2=O)cc1. The van der Waals surface area contributed by atoms with Crippen LogP contribution in [0, 0.1) is 0 Å². The largest absolute Gasteiger partial charge is 0.482 e. The van der Waals surface area contributed by atoms with Crippen molar-refractivity contribution in [2.75, 3.05) is 13.2 Å². The van der Waals surface area contributed by atoms with Crippen LogP contribution in [0.3, 0.4) is 0 Å². The maximum absolute atomic E-state index is 12.1. The van der Waals surface area contributed by atoms with Gasteiger partial charge in [-0.05, 0) is 48.9 Å². The number of nitrogens with zero attached hydrogens (tertiary/aromatic N) is 1. The van der Waals surface area contributed by atoms with E-state index in [9.17, 15) is 9.59 Å². The number of halogens is 2. The molecule has 0 saturated heterocycles. The second kappa shape index (κ2) is 8.91. The summed E-state index contributed by atoms with van der Waals surface area (Å²) in [6.45, 7) is 1.86. The number of cyclic esters (lactones) is 1. The van der Waals surface area contributed by atoms with Crippen molar-refractivity contribution in [3.63, 3.8) is 0 Å². The summed E-state index contributed by atoms with van der Waals surface area (Å²) in [6, 6.07) is 11.7. The summed E-state index contributed by atoms with van der Waals surface area (Å²) >= 11 is 11.9. The van der Waals surface area contributed by atoms with Gasteiger partial charge in [0.2, 0.25) is 5.90 Å². The fourth-order valence-electron chi connectivity index (χ4n) is 2.32. The smallest absolute Gasteiger partial charge is 0.363 e. The molecule has 0 spiro atoms. The van der Waals surface area contributed by atoms with Crippen molar-refractivity contribution >= 4 is 47.1 Å². The summed E-state index contributed by atoms with van der Waals surface area (Å²) in [4.78, 5) is 27.6. The molecule has 144 valence electrons. The van der Waals surface area contributed by atoms with Crippen LogP contribution in [-0.4, -0.2) is 31.1 Å². The lowest BCUT2D eigenvalue weighted by molar-refractivity contribution is -0.145. The lowest BCUT2D eigenvalue weighted by atomic mass is 10.2. The Balaban J connectivity index is 1.72. The zero-order chi connectivity index (χ0) is 20.1. The van der Waals surface area contributed by atoms with Gasteiger partial charge in [0.15, 0.2) is 12.3 Å². The Morgan fingerprint density at radius 1 is 1.14 bits per heavy atom. The molecule has 1 heterocycles. The quantitative estimate of drug-likeness (QED) is 0.515. The summed E-state index contributed by atoms with van der Waals surface area (Å²) in [5, 5.41) is 0.741. The average molecular weight is 420 g/mol. The van der Waals surface area contributed by atoms with Gasteiger partial charge in [0, 0.05) is 5.56 Å². The third-order valence-corrected chi connectivity index (χ3v) is 4.37. The lowest BCUT2D eigenvalue weighted by Crippen LogP contribution is -2.14. The highest BCUT2D eigenvalue weighted by Crippen LogP contribution is 2.26. The van der Waals surface area contributed by atoms with Crippen molar-refractivity contribution in [1.82, 2.24) is 0 Å². The number of carbonyl (C=O) groups is 2. The third kappa shape index (κ3) is 4.91. The molecule has 8 heteroatoms. The maximum Gasteiger partial charge on any atom is 0.363 e. The molecule has 1 aliphatic heterocycles. The van der Waals surface area contributed by atoms with Gasteiger partial charge in [-0.15, -0.1) is 0 Å². The molecule has 0 fully saturated rings. The first-order chi connectivity index (χ1) is 13.5. The molecule has 6 nitrogen and oxygen atoms in total. The first-order valence-electron chi connectivity index (χ1n) is 8.32. The molecule has 0 saturated carbocycles. The van der Waals surface area contributed by atoms with Gasteiger partial charge in [0.25, 0.3) is 0 Å². The summed E-state index contributed by atoms with van der Waals surface area (Å²) < 4.78 is 15.3. The van der Waals surface area contributed by atoms with Gasteiger partial charge in [-0.25, -0.2) is 14.6 Å². The molecule has 0 amide bonds. The van der Waals surface area contributed by atoms with Crippen LogP contribution >= 0.6 is 23.2 Å². The second-order valence-electron chi connectivity index (χ2n) is 5.63. The van der Waals surface area contributed by atoms with E-state index in [4.69, 9.17) is 37.4 Å². The number of hydrogen-bond acceptors (Lipinski definition) is 6. The summed E-state index contributed by atoms with van der Waals surface area (Å²) in [7, 11) is 0. The first kappa shape index (κ1) is 19.9. The molecule has 0 bridgehead atoms. The van der Waals surface area contributed by atoms with Gasteiger partial charge in [0.1, 0.15) is 5.75 Å². The number of carbonyl (C=O) groups excluding carboxylic acids is 2. The van der Waals surface area contributed by atoms with E-state index in [1.165, 1.54) is 0 Å². The monoisotopic (exact) mass is 419 g/mol. The molecule has 1 aliphatic rings. The van der Waals surface area contributed by atoms with Crippen LogP contribution in [0.1, 0.15) is 18.1 Å². The highest BCUT2D eigenvalue weighted by Gasteiger charge is 2.24. The Labute approximate surface area is 171 Å². The van der Waals surface area contributed by atoms with Crippen LogP contribution in [0.4, 0.5) is 0 Å². The number of rotatable bonds is 6. The van der Waals surface area contributed by atoms with Crippen LogP contribution in [0.25, 0.3) is 6.08 Å². The van der Waals surface area contributed by atoms with Gasteiger partial charge in [-0.1, -0.05) is 35.3 Å². The van der Waals surface area contributed by atoms with Crippen molar-refractivity contribution in [3.8, 4) is 5.75 Å². The van der Waals surface area contributed by atoms with Crippen LogP contribution in [0.2, 0.25) is 10.0 Å². The van der Waals surface area contributed by atoms with E-state index in [-0.39, 0.29) is 18.2 Å². The Morgan fingerprint density at radius 3 is 2.57 bits per heavy atom. The predicted molar refractivity (Wildman–Crippen MR) is 106 cm³/mol. The van der Waals surface area contributed by atoms with E-state index in [1.807, 2.05) is 0 Å². The van der Waals surface area contributed by atoms with E-state index < -0.39 is 11.9 Å². The summed E-state index contributed by atoms with van der Waals surface area (Å²) in [6.07, 6.45) is 1.59. The lowest BCUT2D eigenvalue weighted by Gasteiger charge is -2.05. The zero-order valence-corrected chi connectivity index (χ0v) is 16.3. The molecule has 0 N–H and O–H groups in total. The third-order valence-electron chi connectivity index (χ3n) is 3.63. The Hall–Kier alpha value is -2.83. The number of hydrogen-bond donors (Lipinski definition) is 0. The topological polar surface area (TPSA) is 74.2 Å². The Bertz CT molecular complexity index is 967. The molecule has 0 unspecified atom stereocenters. The average Bonchev–Trinajstić information content (AvgIpc) is 3.04. The van der Waals surface area contributed by atoms with Crippen molar-refractivity contribution in [2.45, 2.75) is 6.92 Å². The van der Waals surface area contributed by atoms with E-state index in [2.05, 4.69) is 4.99 Å². The van der Waals surface area contributed by atoms with Crippen molar-refractivity contribution in [2.24, 2.45) is 4.99 Å². The van der Waals surface area contributed by atoms with Crippen LogP contribution in [-0.2, 0) is 19.1 Å². The molecule has 28 heavy (non-hydrogen) atoms. The standard InChI is InChI=1S/C20H15Cl2NO5/c1-2-26-18(24)11-27-14-6-3-12(4-7-14)9-17-20(25)28-19(23-17)13-5-8-15(21)16(22)10-13/h3-10H,2,11H2,1H3/b17-9-. The molecular weight excluding hydrogens is 405 g/mol. The highest BCUT2D eigenvalue weighted by atomic mass is 35.5. The molecule has 0 atom stereocenters. The van der Waals surface area contributed by atoms with E-state index in [0.29, 0.717) is 28.0 Å². The van der Waals surface area contributed by atoms with Crippen molar-refractivity contribution in [3.05, 3.63) is 69.3 Å². The van der Waals surface area contributed by atoms with Gasteiger partial charge >= 0.3 is 11.9 Å². The first-order valence-corrected chi connectivity index (χ1v) is 9.08. The Kier molecular flexibility index (Phi) is 6.34. The Morgan fingerprint density at radius 2 is 1.89 bits per heavy atom. The summed E-state index contributed by atoms with van der Waals surface area (Å²) in [5.41, 5.74) is 1.42. The van der Waals surface area contributed by atoms with Gasteiger partial charge in [-0.3, -0.25) is 0 Å². The number of esters is 2. The minimum absolute atomic E-state index is 0.154. The minimum Gasteiger partial charge on any atom is -0.482 e. The maximum atomic E-state index is 12.1. The number of benzene rings is 2. The van der Waals surface area contributed by atoms with Crippen LogP contribution in [0.15, 0.2) is 53.2 Å². The number of aliphatic imine (C=N–C) groups is 1. The molecular formula is C20H15Cl2NO5. The molecule has 0 aromatic heterocycles. The van der Waals surface area contributed by atoms with Gasteiger partial charge in [0.05, 0.1) is 16.7 Å².